The van der Waals surface area contributed by atoms with Crippen molar-refractivity contribution in [3.05, 3.63) is 36.0 Å². The van der Waals surface area contributed by atoms with Gasteiger partial charge in [-0.2, -0.15) is 26.9 Å². The molecule has 3 rings (SSSR count). The highest BCUT2D eigenvalue weighted by atomic mass is 32.2. The third-order valence-electron chi connectivity index (χ3n) is 5.21. The highest BCUT2D eigenvalue weighted by molar-refractivity contribution is 7.85. The zero-order valence-corrected chi connectivity index (χ0v) is 15.7. The number of fused-ring (bicyclic) bond motifs is 1. The summed E-state index contributed by atoms with van der Waals surface area (Å²) < 4.78 is 73.7. The molecule has 1 aliphatic rings. The molecule has 1 saturated heterocycles. The average molecular weight is 413 g/mol. The Morgan fingerprint density at radius 2 is 2.07 bits per heavy atom. The molecule has 1 fully saturated rings. The number of rotatable bonds is 4. The molecule has 0 spiro atoms. The predicted octanol–water partition coefficient (Wildman–Crippen LogP) is 3.39. The van der Waals surface area contributed by atoms with Gasteiger partial charge in [0, 0.05) is 23.8 Å². The summed E-state index contributed by atoms with van der Waals surface area (Å²) in [5.41, 5.74) is 0.960. The van der Waals surface area contributed by atoms with Crippen molar-refractivity contribution in [1.29, 1.82) is 5.26 Å². The normalized spacial score (nSPS) is 23.1. The van der Waals surface area contributed by atoms with Crippen molar-refractivity contribution < 1.29 is 26.1 Å². The lowest BCUT2D eigenvalue weighted by molar-refractivity contribution is -0.185. The summed E-state index contributed by atoms with van der Waals surface area (Å²) >= 11 is 0. The molecular formula is C18H18F3N3O3S. The largest absolute Gasteiger partial charge is 0.394 e. The third-order valence-corrected chi connectivity index (χ3v) is 5.98. The number of pyridine rings is 1. The summed E-state index contributed by atoms with van der Waals surface area (Å²) in [7, 11) is -4.65. The average Bonchev–Trinajstić information content (AvgIpc) is 2.97. The molecule has 1 aromatic heterocycles. The Morgan fingerprint density at radius 3 is 2.64 bits per heavy atom. The molecule has 1 aromatic carbocycles. The fraction of sp³-hybridized carbons (Fsp3) is 0.444. The molecule has 10 heteroatoms. The number of aromatic nitrogens is 1. The second kappa shape index (κ2) is 7.22. The summed E-state index contributed by atoms with van der Waals surface area (Å²) in [6.45, 7) is 1.60. The monoisotopic (exact) mass is 413 g/mol. The molecule has 3 unspecified atom stereocenters. The predicted molar refractivity (Wildman–Crippen MR) is 97.3 cm³/mol. The van der Waals surface area contributed by atoms with E-state index in [1.54, 1.807) is 19.1 Å². The van der Waals surface area contributed by atoms with E-state index in [1.165, 1.54) is 23.2 Å². The SMILES string of the molecule is CCC1CN(c2ccc(C#N)c3ncccc23)C(CS(=O)(=O)O)C1C(F)(F)F. The molecule has 0 aliphatic carbocycles. The van der Waals surface area contributed by atoms with Crippen LogP contribution in [-0.4, -0.2) is 42.5 Å². The maximum Gasteiger partial charge on any atom is 0.394 e. The topological polar surface area (TPSA) is 94.3 Å². The van der Waals surface area contributed by atoms with E-state index in [4.69, 9.17) is 0 Å². The van der Waals surface area contributed by atoms with Crippen LogP contribution in [0.5, 0.6) is 0 Å². The third kappa shape index (κ3) is 3.77. The van der Waals surface area contributed by atoms with Crippen LogP contribution >= 0.6 is 0 Å². The Bertz CT molecular complexity index is 1030. The zero-order chi connectivity index (χ0) is 20.7. The maximum atomic E-state index is 13.8. The Kier molecular flexibility index (Phi) is 5.25. The minimum absolute atomic E-state index is 0.0171. The first-order valence-corrected chi connectivity index (χ1v) is 10.2. The smallest absolute Gasteiger partial charge is 0.366 e. The van der Waals surface area contributed by atoms with E-state index in [-0.39, 0.29) is 18.5 Å². The number of anilines is 1. The zero-order valence-electron chi connectivity index (χ0n) is 14.9. The molecule has 0 saturated carbocycles. The van der Waals surface area contributed by atoms with E-state index in [9.17, 15) is 31.4 Å². The molecule has 2 aromatic rings. The van der Waals surface area contributed by atoms with Gasteiger partial charge >= 0.3 is 6.18 Å². The van der Waals surface area contributed by atoms with Gasteiger partial charge in [-0.05, 0) is 30.2 Å². The number of hydrogen-bond donors (Lipinski definition) is 1. The summed E-state index contributed by atoms with van der Waals surface area (Å²) in [6, 6.07) is 6.70. The minimum Gasteiger partial charge on any atom is -0.366 e. The first-order chi connectivity index (χ1) is 13.1. The lowest BCUT2D eigenvalue weighted by atomic mass is 9.89. The van der Waals surface area contributed by atoms with Gasteiger partial charge in [0.1, 0.15) is 6.07 Å². The molecule has 1 aliphatic heterocycles. The van der Waals surface area contributed by atoms with Crippen LogP contribution in [0.25, 0.3) is 10.9 Å². The molecule has 3 atom stereocenters. The van der Waals surface area contributed by atoms with Crippen molar-refractivity contribution in [2.45, 2.75) is 25.6 Å². The molecule has 28 heavy (non-hydrogen) atoms. The van der Waals surface area contributed by atoms with Crippen LogP contribution in [-0.2, 0) is 10.1 Å². The quantitative estimate of drug-likeness (QED) is 0.773. The Balaban J connectivity index is 2.19. The fourth-order valence-electron chi connectivity index (χ4n) is 4.06. The molecular weight excluding hydrogens is 395 g/mol. The van der Waals surface area contributed by atoms with Crippen LogP contribution in [0.2, 0.25) is 0 Å². The van der Waals surface area contributed by atoms with Crippen molar-refractivity contribution in [3.63, 3.8) is 0 Å². The molecule has 2 heterocycles. The second-order valence-corrected chi connectivity index (χ2v) is 8.34. The summed E-state index contributed by atoms with van der Waals surface area (Å²) in [6.07, 6.45) is -2.94. The van der Waals surface area contributed by atoms with E-state index < -0.39 is 39.9 Å². The van der Waals surface area contributed by atoms with Crippen LogP contribution in [0.4, 0.5) is 18.9 Å². The first kappa shape index (κ1) is 20.4. The van der Waals surface area contributed by atoms with Gasteiger partial charge in [0.15, 0.2) is 0 Å². The molecule has 0 bridgehead atoms. The van der Waals surface area contributed by atoms with E-state index in [0.29, 0.717) is 16.6 Å². The maximum absolute atomic E-state index is 13.8. The van der Waals surface area contributed by atoms with Gasteiger partial charge in [0.2, 0.25) is 0 Å². The van der Waals surface area contributed by atoms with Gasteiger partial charge in [-0.25, -0.2) is 0 Å². The van der Waals surface area contributed by atoms with Crippen molar-refractivity contribution in [1.82, 2.24) is 4.98 Å². The summed E-state index contributed by atoms with van der Waals surface area (Å²) in [4.78, 5) is 5.53. The lowest BCUT2D eigenvalue weighted by Gasteiger charge is -2.31. The molecule has 1 N–H and O–H groups in total. The number of alkyl halides is 3. The van der Waals surface area contributed by atoms with Crippen molar-refractivity contribution in [2.75, 3.05) is 17.2 Å². The van der Waals surface area contributed by atoms with E-state index >= 15 is 0 Å². The van der Waals surface area contributed by atoms with Crippen LogP contribution < -0.4 is 4.90 Å². The van der Waals surface area contributed by atoms with E-state index in [1.807, 2.05) is 6.07 Å². The number of benzene rings is 1. The van der Waals surface area contributed by atoms with Crippen molar-refractivity contribution >= 4 is 26.7 Å². The summed E-state index contributed by atoms with van der Waals surface area (Å²) in [5.74, 6) is -3.76. The van der Waals surface area contributed by atoms with E-state index in [2.05, 4.69) is 4.98 Å². The highest BCUT2D eigenvalue weighted by Crippen LogP contribution is 2.46. The number of halogens is 3. The highest BCUT2D eigenvalue weighted by Gasteiger charge is 2.56. The van der Waals surface area contributed by atoms with Gasteiger partial charge in [-0.3, -0.25) is 9.54 Å². The lowest BCUT2D eigenvalue weighted by Crippen LogP contribution is -2.44. The Morgan fingerprint density at radius 1 is 1.36 bits per heavy atom. The Hall–Kier alpha value is -2.38. The summed E-state index contributed by atoms with van der Waals surface area (Å²) in [5, 5.41) is 9.72. The van der Waals surface area contributed by atoms with Crippen LogP contribution in [0.15, 0.2) is 30.5 Å². The van der Waals surface area contributed by atoms with Crippen LogP contribution in [0, 0.1) is 23.2 Å². The standard InChI is InChI=1S/C18H18F3N3O3S/c1-2-11-9-24(15(10-28(25,26)27)16(11)18(19,20)21)14-6-5-12(8-22)17-13(14)4-3-7-23-17/h3-7,11,15-16H,2,9-10H2,1H3,(H,25,26,27). The minimum atomic E-state index is -4.65. The van der Waals surface area contributed by atoms with E-state index in [0.717, 1.165) is 0 Å². The van der Waals surface area contributed by atoms with Crippen molar-refractivity contribution in [2.24, 2.45) is 11.8 Å². The van der Waals surface area contributed by atoms with Gasteiger partial charge in [0.05, 0.1) is 28.8 Å². The first-order valence-electron chi connectivity index (χ1n) is 8.63. The van der Waals surface area contributed by atoms with Gasteiger partial charge in [-0.1, -0.05) is 13.3 Å². The fourth-order valence-corrected chi connectivity index (χ4v) is 4.88. The second-order valence-electron chi connectivity index (χ2n) is 6.85. The molecule has 6 nitrogen and oxygen atoms in total. The molecule has 0 amide bonds. The number of hydrogen-bond acceptors (Lipinski definition) is 5. The Labute approximate surface area is 160 Å². The van der Waals surface area contributed by atoms with Crippen LogP contribution in [0.3, 0.4) is 0 Å². The van der Waals surface area contributed by atoms with Gasteiger partial charge in [-0.15, -0.1) is 0 Å². The van der Waals surface area contributed by atoms with Crippen molar-refractivity contribution in [3.8, 4) is 6.07 Å². The molecule has 0 radical (unpaired) electrons. The van der Waals surface area contributed by atoms with Gasteiger partial charge in [0.25, 0.3) is 10.1 Å². The number of nitriles is 1. The number of nitrogens with zero attached hydrogens (tertiary/aromatic N) is 3. The molecule has 150 valence electrons. The van der Waals surface area contributed by atoms with Gasteiger partial charge < -0.3 is 4.90 Å². The van der Waals surface area contributed by atoms with Crippen LogP contribution in [0.1, 0.15) is 18.9 Å².